The summed E-state index contributed by atoms with van der Waals surface area (Å²) in [6, 6.07) is 9.39. The highest BCUT2D eigenvalue weighted by atomic mass is 32.1. The molecule has 0 saturated carbocycles. The van der Waals surface area contributed by atoms with Crippen molar-refractivity contribution in [2.24, 2.45) is 0 Å². The fourth-order valence-corrected chi connectivity index (χ4v) is 2.63. The molecule has 24 heavy (non-hydrogen) atoms. The summed E-state index contributed by atoms with van der Waals surface area (Å²) in [5.74, 6) is -0.322. The van der Waals surface area contributed by atoms with Gasteiger partial charge in [0.1, 0.15) is 12.3 Å². The van der Waals surface area contributed by atoms with E-state index in [1.54, 1.807) is 6.07 Å². The van der Waals surface area contributed by atoms with Gasteiger partial charge in [-0.1, -0.05) is 17.3 Å². The summed E-state index contributed by atoms with van der Waals surface area (Å²) < 4.78 is 48.1. The molecule has 0 atom stereocenters. The van der Waals surface area contributed by atoms with Crippen LogP contribution in [0, 0.1) is 0 Å². The van der Waals surface area contributed by atoms with Crippen molar-refractivity contribution in [2.45, 2.75) is 12.8 Å². The molecule has 0 radical (unpaired) electrons. The molecular weight excluding hydrogens is 343 g/mol. The molecule has 0 amide bonds. The van der Waals surface area contributed by atoms with Gasteiger partial charge in [0.05, 0.1) is 16.0 Å². The van der Waals surface area contributed by atoms with Crippen LogP contribution in [-0.4, -0.2) is 11.1 Å². The molecule has 0 bridgehead atoms. The summed E-state index contributed by atoms with van der Waals surface area (Å²) in [6.07, 6.45) is -4.52. The first kappa shape index (κ1) is 16.3. The first-order valence-electron chi connectivity index (χ1n) is 6.77. The van der Waals surface area contributed by atoms with Gasteiger partial charge in [-0.05, 0) is 29.6 Å². The molecule has 8 heteroatoms. The number of halogens is 3. The summed E-state index contributed by atoms with van der Waals surface area (Å²) in [6.45, 7) is -0.191. The Kier molecular flexibility index (Phi) is 4.39. The van der Waals surface area contributed by atoms with E-state index in [0.29, 0.717) is 11.5 Å². The molecule has 0 spiro atoms. The van der Waals surface area contributed by atoms with Crippen LogP contribution in [0.2, 0.25) is 0 Å². The zero-order chi connectivity index (χ0) is 17.2. The van der Waals surface area contributed by atoms with Gasteiger partial charge in [0.15, 0.2) is 5.76 Å². The number of ether oxygens (including phenoxy) is 1. The zero-order valence-electron chi connectivity index (χ0n) is 12.0. The Bertz CT molecular complexity index is 840. The number of carbonyl (C=O) groups is 1. The molecule has 0 unspecified atom stereocenters. The standard InChI is InChI=1S/C16H10F3NO3S/c17-16(18,19)11-4-1-3-10(7-11)15(21)22-9-12-8-13(23-20-12)14-5-2-6-24-14/h1-8H,9H2. The minimum absolute atomic E-state index is 0.174. The predicted octanol–water partition coefficient (Wildman–Crippen LogP) is 4.78. The van der Waals surface area contributed by atoms with Crippen molar-refractivity contribution in [2.75, 3.05) is 0 Å². The van der Waals surface area contributed by atoms with Crippen molar-refractivity contribution in [3.05, 3.63) is 64.7 Å². The average Bonchev–Trinajstić information content (AvgIpc) is 3.23. The van der Waals surface area contributed by atoms with Crippen LogP contribution in [-0.2, 0) is 17.5 Å². The van der Waals surface area contributed by atoms with Crippen LogP contribution in [0.15, 0.2) is 52.4 Å². The minimum Gasteiger partial charge on any atom is -0.455 e. The summed E-state index contributed by atoms with van der Waals surface area (Å²) in [7, 11) is 0. The highest BCUT2D eigenvalue weighted by molar-refractivity contribution is 7.13. The van der Waals surface area contributed by atoms with Gasteiger partial charge in [0.25, 0.3) is 0 Å². The smallest absolute Gasteiger partial charge is 0.416 e. The highest BCUT2D eigenvalue weighted by Crippen LogP contribution is 2.30. The first-order valence-corrected chi connectivity index (χ1v) is 7.65. The van der Waals surface area contributed by atoms with Gasteiger partial charge in [0, 0.05) is 6.07 Å². The molecule has 0 aliphatic rings. The van der Waals surface area contributed by atoms with E-state index >= 15 is 0 Å². The third-order valence-electron chi connectivity index (χ3n) is 3.10. The molecule has 3 aromatic rings. The van der Waals surface area contributed by atoms with Crippen molar-refractivity contribution < 1.29 is 27.2 Å². The monoisotopic (exact) mass is 353 g/mol. The molecule has 3 rings (SSSR count). The van der Waals surface area contributed by atoms with E-state index in [-0.39, 0.29) is 12.2 Å². The van der Waals surface area contributed by atoms with E-state index in [2.05, 4.69) is 5.16 Å². The number of hydrogen-bond donors (Lipinski definition) is 0. The Labute approximate surface area is 138 Å². The number of hydrogen-bond acceptors (Lipinski definition) is 5. The lowest BCUT2D eigenvalue weighted by molar-refractivity contribution is -0.137. The molecule has 2 aromatic heterocycles. The van der Waals surface area contributed by atoms with Crippen LogP contribution in [0.1, 0.15) is 21.6 Å². The van der Waals surface area contributed by atoms with Crippen molar-refractivity contribution in [3.8, 4) is 10.6 Å². The van der Waals surface area contributed by atoms with Crippen LogP contribution in [0.5, 0.6) is 0 Å². The van der Waals surface area contributed by atoms with Crippen molar-refractivity contribution in [1.82, 2.24) is 5.16 Å². The maximum absolute atomic E-state index is 12.6. The van der Waals surface area contributed by atoms with Gasteiger partial charge in [0.2, 0.25) is 0 Å². The van der Waals surface area contributed by atoms with E-state index in [9.17, 15) is 18.0 Å². The summed E-state index contributed by atoms with van der Waals surface area (Å²) in [5, 5.41) is 5.65. The molecule has 0 fully saturated rings. The SMILES string of the molecule is O=C(OCc1cc(-c2cccs2)on1)c1cccc(C(F)(F)F)c1. The lowest BCUT2D eigenvalue weighted by Gasteiger charge is -2.08. The fraction of sp³-hybridized carbons (Fsp3) is 0.125. The van der Waals surface area contributed by atoms with Crippen LogP contribution in [0.25, 0.3) is 10.6 Å². The summed E-state index contributed by atoms with van der Waals surface area (Å²) in [4.78, 5) is 12.8. The third-order valence-corrected chi connectivity index (χ3v) is 3.98. The van der Waals surface area contributed by atoms with Crippen molar-refractivity contribution in [3.63, 3.8) is 0 Å². The number of carbonyl (C=O) groups excluding carboxylic acids is 1. The number of benzene rings is 1. The third kappa shape index (κ3) is 3.65. The largest absolute Gasteiger partial charge is 0.455 e. The normalized spacial score (nSPS) is 11.5. The van der Waals surface area contributed by atoms with E-state index in [0.717, 1.165) is 23.1 Å². The van der Waals surface area contributed by atoms with Gasteiger partial charge in [-0.3, -0.25) is 0 Å². The van der Waals surface area contributed by atoms with Crippen LogP contribution in [0.3, 0.4) is 0 Å². The van der Waals surface area contributed by atoms with Gasteiger partial charge < -0.3 is 9.26 Å². The molecular formula is C16H10F3NO3S. The molecule has 0 aliphatic carbocycles. The lowest BCUT2D eigenvalue weighted by Crippen LogP contribution is -2.09. The van der Waals surface area contributed by atoms with E-state index in [4.69, 9.17) is 9.26 Å². The molecule has 2 heterocycles. The molecule has 1 aromatic carbocycles. The quantitative estimate of drug-likeness (QED) is 0.634. The lowest BCUT2D eigenvalue weighted by atomic mass is 10.1. The molecule has 0 N–H and O–H groups in total. The second-order valence-electron chi connectivity index (χ2n) is 4.81. The molecule has 4 nitrogen and oxygen atoms in total. The Balaban J connectivity index is 1.66. The Hall–Kier alpha value is -2.61. The summed E-state index contributed by atoms with van der Waals surface area (Å²) >= 11 is 1.47. The first-order chi connectivity index (χ1) is 11.4. The van der Waals surface area contributed by atoms with Crippen molar-refractivity contribution >= 4 is 17.3 Å². The number of aromatic nitrogens is 1. The van der Waals surface area contributed by atoms with Gasteiger partial charge >= 0.3 is 12.1 Å². The fourth-order valence-electron chi connectivity index (χ4n) is 1.96. The maximum Gasteiger partial charge on any atom is 0.416 e. The van der Waals surface area contributed by atoms with E-state index < -0.39 is 17.7 Å². The number of rotatable bonds is 4. The van der Waals surface area contributed by atoms with Crippen molar-refractivity contribution in [1.29, 1.82) is 0 Å². The van der Waals surface area contributed by atoms with Crippen LogP contribution >= 0.6 is 11.3 Å². The topological polar surface area (TPSA) is 52.3 Å². The second kappa shape index (κ2) is 6.48. The van der Waals surface area contributed by atoms with Crippen LogP contribution in [0.4, 0.5) is 13.2 Å². The highest BCUT2D eigenvalue weighted by Gasteiger charge is 2.31. The van der Waals surface area contributed by atoms with Gasteiger partial charge in [-0.15, -0.1) is 11.3 Å². The maximum atomic E-state index is 12.6. The molecule has 0 saturated heterocycles. The number of esters is 1. The van der Waals surface area contributed by atoms with E-state index in [1.165, 1.54) is 17.4 Å². The summed E-state index contributed by atoms with van der Waals surface area (Å²) in [5.41, 5.74) is -0.705. The molecule has 0 aliphatic heterocycles. The second-order valence-corrected chi connectivity index (χ2v) is 5.76. The predicted molar refractivity (Wildman–Crippen MR) is 80.4 cm³/mol. The number of thiophene rings is 1. The Morgan fingerprint density at radius 2 is 2.04 bits per heavy atom. The number of alkyl halides is 3. The number of nitrogens with zero attached hydrogens (tertiary/aromatic N) is 1. The van der Waals surface area contributed by atoms with Gasteiger partial charge in [-0.2, -0.15) is 13.2 Å². The molecule has 124 valence electrons. The Morgan fingerprint density at radius 3 is 2.75 bits per heavy atom. The zero-order valence-corrected chi connectivity index (χ0v) is 12.9. The van der Waals surface area contributed by atoms with Gasteiger partial charge in [-0.25, -0.2) is 4.79 Å². The Morgan fingerprint density at radius 1 is 1.21 bits per heavy atom. The van der Waals surface area contributed by atoms with Crippen LogP contribution < -0.4 is 0 Å². The minimum atomic E-state index is -4.52. The average molecular weight is 353 g/mol. The van der Waals surface area contributed by atoms with E-state index in [1.807, 2.05) is 17.5 Å².